The number of carbonyl (C=O) groups excluding carboxylic acids is 2. The number of hydrogen-bond acceptors (Lipinski definition) is 3. The van der Waals surface area contributed by atoms with Gasteiger partial charge >= 0.3 is 6.03 Å². The Balaban J connectivity index is 1.46. The van der Waals surface area contributed by atoms with Crippen molar-refractivity contribution in [2.24, 2.45) is 0 Å². The summed E-state index contributed by atoms with van der Waals surface area (Å²) in [6.45, 7) is 6.67. The first-order valence-corrected chi connectivity index (χ1v) is 9.53. The van der Waals surface area contributed by atoms with Crippen LogP contribution in [0, 0.1) is 0 Å². The lowest BCUT2D eigenvalue weighted by molar-refractivity contribution is 0.0958. The molecule has 28 heavy (non-hydrogen) atoms. The monoisotopic (exact) mass is 378 g/mol. The van der Waals surface area contributed by atoms with Gasteiger partial charge in [0.1, 0.15) is 0 Å². The van der Waals surface area contributed by atoms with Crippen molar-refractivity contribution in [3.63, 3.8) is 0 Å². The number of amides is 3. The van der Waals surface area contributed by atoms with E-state index in [1.54, 1.807) is 30.3 Å². The van der Waals surface area contributed by atoms with E-state index in [1.165, 1.54) is 18.5 Å². The van der Waals surface area contributed by atoms with E-state index in [4.69, 9.17) is 0 Å². The Bertz CT molecular complexity index is 809. The van der Waals surface area contributed by atoms with Crippen LogP contribution in [-0.4, -0.2) is 31.6 Å². The van der Waals surface area contributed by atoms with E-state index < -0.39 is 0 Å². The molecule has 3 N–H and O–H groups in total. The molecule has 0 aromatic heterocycles. The number of urea groups is 1. The second-order valence-corrected chi connectivity index (χ2v) is 6.74. The van der Waals surface area contributed by atoms with Crippen LogP contribution in [0.1, 0.15) is 28.8 Å². The molecule has 3 amide bonds. The third-order valence-electron chi connectivity index (χ3n) is 4.67. The number of anilines is 2. The van der Waals surface area contributed by atoms with Gasteiger partial charge in [0.25, 0.3) is 5.91 Å². The summed E-state index contributed by atoms with van der Waals surface area (Å²) in [4.78, 5) is 26.3. The molecule has 1 aliphatic rings. The van der Waals surface area contributed by atoms with Crippen molar-refractivity contribution in [3.8, 4) is 0 Å². The fourth-order valence-electron chi connectivity index (χ4n) is 3.13. The molecular formula is C22H26N4O2. The third kappa shape index (κ3) is 5.36. The van der Waals surface area contributed by atoms with Gasteiger partial charge in [-0.05, 0) is 54.8 Å². The maximum Gasteiger partial charge on any atom is 0.319 e. The SMILES string of the molecule is C=CCNC(=O)c1ccc(NC(=O)NCc2ccc(N3CCCC3)cc2)cc1. The standard InChI is InChI=1S/C22H26N4O2/c1-2-13-23-21(27)18-7-9-19(10-8-18)25-22(28)24-16-17-5-11-20(12-6-17)26-14-3-4-15-26/h2,5-12H,1,3-4,13-16H2,(H,23,27)(H2,24,25,28). The third-order valence-corrected chi connectivity index (χ3v) is 4.67. The van der Waals surface area contributed by atoms with E-state index in [1.807, 2.05) is 12.1 Å². The van der Waals surface area contributed by atoms with Crippen LogP contribution in [0.4, 0.5) is 16.2 Å². The minimum absolute atomic E-state index is 0.173. The van der Waals surface area contributed by atoms with Crippen molar-refractivity contribution < 1.29 is 9.59 Å². The lowest BCUT2D eigenvalue weighted by atomic mass is 10.2. The molecule has 0 saturated carbocycles. The van der Waals surface area contributed by atoms with Gasteiger partial charge in [-0.25, -0.2) is 4.79 Å². The van der Waals surface area contributed by atoms with Gasteiger partial charge in [-0.15, -0.1) is 6.58 Å². The Labute approximate surface area is 165 Å². The molecule has 6 nitrogen and oxygen atoms in total. The molecule has 2 aromatic carbocycles. The van der Waals surface area contributed by atoms with Crippen LogP contribution in [0.5, 0.6) is 0 Å². The average Bonchev–Trinajstić information content (AvgIpc) is 3.26. The van der Waals surface area contributed by atoms with Crippen molar-refractivity contribution in [2.75, 3.05) is 29.9 Å². The molecule has 2 aromatic rings. The summed E-state index contributed by atoms with van der Waals surface area (Å²) in [5, 5.41) is 8.33. The first kappa shape index (κ1) is 19.5. The molecule has 3 rings (SSSR count). The summed E-state index contributed by atoms with van der Waals surface area (Å²) in [6.07, 6.45) is 4.13. The molecule has 6 heteroatoms. The highest BCUT2D eigenvalue weighted by Gasteiger charge is 2.12. The molecule has 1 saturated heterocycles. The topological polar surface area (TPSA) is 73.5 Å². The van der Waals surface area contributed by atoms with Crippen molar-refractivity contribution in [1.29, 1.82) is 0 Å². The predicted molar refractivity (Wildman–Crippen MR) is 113 cm³/mol. The maximum absolute atomic E-state index is 12.1. The highest BCUT2D eigenvalue weighted by atomic mass is 16.2. The molecular weight excluding hydrogens is 352 g/mol. The van der Waals surface area contributed by atoms with Gasteiger partial charge in [0.15, 0.2) is 0 Å². The molecule has 0 unspecified atom stereocenters. The van der Waals surface area contributed by atoms with Gasteiger partial charge in [0, 0.05) is 43.1 Å². The average molecular weight is 378 g/mol. The quantitative estimate of drug-likeness (QED) is 0.646. The van der Waals surface area contributed by atoms with Crippen LogP contribution < -0.4 is 20.9 Å². The maximum atomic E-state index is 12.1. The minimum atomic E-state index is -0.285. The molecule has 1 fully saturated rings. The Kier molecular flexibility index (Phi) is 6.68. The lowest BCUT2D eigenvalue weighted by Gasteiger charge is -2.17. The van der Waals surface area contributed by atoms with Gasteiger partial charge in [-0.2, -0.15) is 0 Å². The van der Waals surface area contributed by atoms with Crippen LogP contribution in [0.3, 0.4) is 0 Å². The predicted octanol–water partition coefficient (Wildman–Crippen LogP) is 3.52. The molecule has 0 bridgehead atoms. The molecule has 146 valence electrons. The Morgan fingerprint density at radius 2 is 1.64 bits per heavy atom. The van der Waals surface area contributed by atoms with Gasteiger partial charge in [0.2, 0.25) is 0 Å². The fourth-order valence-corrected chi connectivity index (χ4v) is 3.13. The number of rotatable bonds is 7. The van der Waals surface area contributed by atoms with E-state index in [-0.39, 0.29) is 11.9 Å². The van der Waals surface area contributed by atoms with Gasteiger partial charge < -0.3 is 20.9 Å². The molecule has 1 heterocycles. The normalized spacial score (nSPS) is 13.1. The lowest BCUT2D eigenvalue weighted by Crippen LogP contribution is -2.28. The van der Waals surface area contributed by atoms with Crippen molar-refractivity contribution >= 4 is 23.3 Å². The van der Waals surface area contributed by atoms with Crippen LogP contribution in [0.25, 0.3) is 0 Å². The van der Waals surface area contributed by atoms with Crippen LogP contribution in [0.15, 0.2) is 61.2 Å². The molecule has 1 aliphatic heterocycles. The Morgan fingerprint density at radius 1 is 0.964 bits per heavy atom. The zero-order valence-corrected chi connectivity index (χ0v) is 15.9. The second-order valence-electron chi connectivity index (χ2n) is 6.74. The summed E-state index contributed by atoms with van der Waals surface area (Å²) in [5.74, 6) is -0.173. The van der Waals surface area contributed by atoms with Crippen LogP contribution >= 0.6 is 0 Å². The summed E-state index contributed by atoms with van der Waals surface area (Å²) in [6, 6.07) is 14.8. The Hall–Kier alpha value is -3.28. The number of carbonyl (C=O) groups is 2. The van der Waals surface area contributed by atoms with Gasteiger partial charge in [-0.3, -0.25) is 4.79 Å². The number of benzene rings is 2. The highest BCUT2D eigenvalue weighted by Crippen LogP contribution is 2.20. The molecule has 0 atom stereocenters. The van der Waals surface area contributed by atoms with Crippen molar-refractivity contribution in [1.82, 2.24) is 10.6 Å². The van der Waals surface area contributed by atoms with Crippen LogP contribution in [0.2, 0.25) is 0 Å². The van der Waals surface area contributed by atoms with E-state index in [0.717, 1.165) is 18.7 Å². The van der Waals surface area contributed by atoms with Crippen molar-refractivity contribution in [2.45, 2.75) is 19.4 Å². The second kappa shape index (κ2) is 9.60. The number of hydrogen-bond donors (Lipinski definition) is 3. The van der Waals surface area contributed by atoms with E-state index in [0.29, 0.717) is 24.3 Å². The van der Waals surface area contributed by atoms with Crippen molar-refractivity contribution in [3.05, 3.63) is 72.3 Å². The summed E-state index contributed by atoms with van der Waals surface area (Å²) in [5.41, 5.74) is 3.45. The van der Waals surface area contributed by atoms with Gasteiger partial charge in [0.05, 0.1) is 0 Å². The first-order valence-electron chi connectivity index (χ1n) is 9.53. The summed E-state index contributed by atoms with van der Waals surface area (Å²) >= 11 is 0. The van der Waals surface area contributed by atoms with E-state index in [9.17, 15) is 9.59 Å². The fraction of sp³-hybridized carbons (Fsp3) is 0.273. The minimum Gasteiger partial charge on any atom is -0.372 e. The molecule has 0 aliphatic carbocycles. The smallest absolute Gasteiger partial charge is 0.319 e. The van der Waals surface area contributed by atoms with Crippen LogP contribution in [-0.2, 0) is 6.54 Å². The largest absolute Gasteiger partial charge is 0.372 e. The van der Waals surface area contributed by atoms with Gasteiger partial charge in [-0.1, -0.05) is 18.2 Å². The highest BCUT2D eigenvalue weighted by molar-refractivity contribution is 5.95. The van der Waals surface area contributed by atoms with E-state index >= 15 is 0 Å². The van der Waals surface area contributed by atoms with E-state index in [2.05, 4.69) is 39.6 Å². The Morgan fingerprint density at radius 3 is 2.29 bits per heavy atom. The zero-order chi connectivity index (χ0) is 19.8. The summed E-state index contributed by atoms with van der Waals surface area (Å²) < 4.78 is 0. The summed E-state index contributed by atoms with van der Waals surface area (Å²) in [7, 11) is 0. The number of nitrogens with zero attached hydrogens (tertiary/aromatic N) is 1. The molecule has 0 radical (unpaired) electrons. The number of nitrogens with one attached hydrogen (secondary N) is 3. The zero-order valence-electron chi connectivity index (χ0n) is 15.9. The molecule has 0 spiro atoms. The first-order chi connectivity index (χ1) is 13.7.